The van der Waals surface area contributed by atoms with Crippen LogP contribution in [0.15, 0.2) is 11.4 Å². The van der Waals surface area contributed by atoms with E-state index in [0.29, 0.717) is 6.61 Å². The van der Waals surface area contributed by atoms with Gasteiger partial charge in [0.1, 0.15) is 5.82 Å². The van der Waals surface area contributed by atoms with Crippen molar-refractivity contribution in [3.8, 4) is 10.7 Å². The van der Waals surface area contributed by atoms with Gasteiger partial charge in [-0.2, -0.15) is 0 Å². The summed E-state index contributed by atoms with van der Waals surface area (Å²) in [4.78, 5) is 10.5. The molecule has 3 heterocycles. The molecule has 4 nitrogen and oxygen atoms in total. The first-order valence-electron chi connectivity index (χ1n) is 5.99. The van der Waals surface area contributed by atoms with Gasteiger partial charge in [0.2, 0.25) is 0 Å². The number of rotatable bonds is 2. The summed E-state index contributed by atoms with van der Waals surface area (Å²) in [6.45, 7) is 3.45. The van der Waals surface area contributed by atoms with Gasteiger partial charge in [-0.1, -0.05) is 0 Å². The highest BCUT2D eigenvalue weighted by atomic mass is 32.1. The summed E-state index contributed by atoms with van der Waals surface area (Å²) < 4.78 is 5.48. The number of fused-ring (bicyclic) bond motifs is 1. The Morgan fingerprint density at radius 1 is 1.39 bits per heavy atom. The normalized spacial score (nSPS) is 14.3. The molecule has 18 heavy (non-hydrogen) atoms. The van der Waals surface area contributed by atoms with E-state index < -0.39 is 0 Å². The number of aromatic nitrogens is 2. The van der Waals surface area contributed by atoms with Gasteiger partial charge >= 0.3 is 0 Å². The van der Waals surface area contributed by atoms with Gasteiger partial charge in [-0.15, -0.1) is 11.3 Å². The zero-order valence-electron chi connectivity index (χ0n) is 10.5. The largest absolute Gasteiger partial charge is 0.376 e. The molecule has 0 unspecified atom stereocenters. The molecule has 1 N–H and O–H groups in total. The molecule has 0 atom stereocenters. The minimum Gasteiger partial charge on any atom is -0.376 e. The Hall–Kier alpha value is -1.46. The molecule has 0 aromatic carbocycles. The van der Waals surface area contributed by atoms with Crippen LogP contribution in [0.25, 0.3) is 10.7 Å². The van der Waals surface area contributed by atoms with Crippen LogP contribution in [0.5, 0.6) is 0 Å². The molecule has 1 aliphatic heterocycles. The summed E-state index contributed by atoms with van der Waals surface area (Å²) in [6.07, 6.45) is 0.865. The van der Waals surface area contributed by atoms with Gasteiger partial charge in [0.05, 0.1) is 23.8 Å². The number of thiophene rings is 1. The van der Waals surface area contributed by atoms with E-state index in [1.807, 2.05) is 7.05 Å². The van der Waals surface area contributed by atoms with E-state index >= 15 is 0 Å². The fraction of sp³-hybridized carbons (Fsp3) is 0.385. The minimum absolute atomic E-state index is 0.606. The lowest BCUT2D eigenvalue weighted by Crippen LogP contribution is -2.16. The summed E-state index contributed by atoms with van der Waals surface area (Å²) in [5.41, 5.74) is 3.44. The maximum atomic E-state index is 5.48. The minimum atomic E-state index is 0.606. The summed E-state index contributed by atoms with van der Waals surface area (Å²) in [5.74, 6) is 1.72. The number of hydrogen-bond acceptors (Lipinski definition) is 5. The third kappa shape index (κ3) is 1.89. The topological polar surface area (TPSA) is 47.0 Å². The maximum Gasteiger partial charge on any atom is 0.172 e. The first-order valence-corrected chi connectivity index (χ1v) is 6.87. The van der Waals surface area contributed by atoms with Crippen LogP contribution < -0.4 is 5.32 Å². The van der Waals surface area contributed by atoms with Gasteiger partial charge in [-0.05, 0) is 23.9 Å². The van der Waals surface area contributed by atoms with Gasteiger partial charge < -0.3 is 10.1 Å². The quantitative estimate of drug-likeness (QED) is 0.902. The Balaban J connectivity index is 2.14. The van der Waals surface area contributed by atoms with Crippen molar-refractivity contribution in [2.24, 2.45) is 0 Å². The number of ether oxygens (including phenoxy) is 1. The second-order valence-electron chi connectivity index (χ2n) is 4.31. The fourth-order valence-electron chi connectivity index (χ4n) is 2.14. The summed E-state index contributed by atoms with van der Waals surface area (Å²) in [6, 6.07) is 2.10. The Kier molecular flexibility index (Phi) is 3.01. The van der Waals surface area contributed by atoms with Crippen molar-refractivity contribution in [3.05, 3.63) is 28.3 Å². The molecule has 0 saturated carbocycles. The SMILES string of the molecule is CNc1nc(-c2sccc2C)nc2c1COCC2. The van der Waals surface area contributed by atoms with E-state index in [0.717, 1.165) is 40.8 Å². The average Bonchev–Trinajstić information content (AvgIpc) is 2.83. The number of nitrogens with one attached hydrogen (secondary N) is 1. The Morgan fingerprint density at radius 2 is 2.28 bits per heavy atom. The van der Waals surface area contributed by atoms with E-state index in [9.17, 15) is 0 Å². The number of hydrogen-bond donors (Lipinski definition) is 1. The number of aryl methyl sites for hydroxylation is 1. The summed E-state index contributed by atoms with van der Waals surface area (Å²) >= 11 is 1.69. The highest BCUT2D eigenvalue weighted by molar-refractivity contribution is 7.13. The van der Waals surface area contributed by atoms with Gasteiger partial charge in [-0.3, -0.25) is 0 Å². The van der Waals surface area contributed by atoms with E-state index in [4.69, 9.17) is 9.72 Å². The van der Waals surface area contributed by atoms with Crippen LogP contribution in [0.4, 0.5) is 5.82 Å². The van der Waals surface area contributed by atoms with E-state index in [2.05, 4.69) is 28.7 Å². The Bertz CT molecular complexity index is 562. The maximum absolute atomic E-state index is 5.48. The highest BCUT2D eigenvalue weighted by Gasteiger charge is 2.19. The standard InChI is InChI=1S/C13H15N3OS/c1-8-4-6-18-11(8)13-15-10-3-5-17-7-9(10)12(14-2)16-13/h4,6H,3,5,7H2,1-2H3,(H,14,15,16). The van der Waals surface area contributed by atoms with Crippen molar-refractivity contribution in [3.63, 3.8) is 0 Å². The molecule has 5 heteroatoms. The average molecular weight is 261 g/mol. The van der Waals surface area contributed by atoms with Crippen molar-refractivity contribution in [2.75, 3.05) is 19.0 Å². The molecule has 0 spiro atoms. The van der Waals surface area contributed by atoms with Crippen molar-refractivity contribution in [1.82, 2.24) is 9.97 Å². The fourth-order valence-corrected chi connectivity index (χ4v) is 3.00. The monoisotopic (exact) mass is 261 g/mol. The van der Waals surface area contributed by atoms with Crippen LogP contribution in [-0.4, -0.2) is 23.6 Å². The van der Waals surface area contributed by atoms with E-state index in [1.54, 1.807) is 11.3 Å². The lowest BCUT2D eigenvalue weighted by Gasteiger charge is -2.19. The lowest BCUT2D eigenvalue weighted by molar-refractivity contribution is 0.109. The van der Waals surface area contributed by atoms with Crippen LogP contribution in [0.3, 0.4) is 0 Å². The smallest absolute Gasteiger partial charge is 0.172 e. The highest BCUT2D eigenvalue weighted by Crippen LogP contribution is 2.30. The third-order valence-corrected chi connectivity index (χ3v) is 4.14. The van der Waals surface area contributed by atoms with Crippen LogP contribution in [-0.2, 0) is 17.8 Å². The first kappa shape index (κ1) is 11.6. The second kappa shape index (κ2) is 4.66. The van der Waals surface area contributed by atoms with E-state index in [-0.39, 0.29) is 0 Å². The molecule has 1 aliphatic rings. The van der Waals surface area contributed by atoms with Crippen LogP contribution >= 0.6 is 11.3 Å². The van der Waals surface area contributed by atoms with Crippen molar-refractivity contribution < 1.29 is 4.74 Å². The molecule has 2 aromatic rings. The van der Waals surface area contributed by atoms with Gasteiger partial charge in [-0.25, -0.2) is 9.97 Å². The second-order valence-corrected chi connectivity index (χ2v) is 5.22. The molecule has 3 rings (SSSR count). The molecule has 2 aromatic heterocycles. The molecule has 0 aliphatic carbocycles. The zero-order valence-corrected chi connectivity index (χ0v) is 11.3. The van der Waals surface area contributed by atoms with E-state index in [1.165, 1.54) is 5.56 Å². The van der Waals surface area contributed by atoms with Crippen molar-refractivity contribution >= 4 is 17.2 Å². The van der Waals surface area contributed by atoms with Gasteiger partial charge in [0, 0.05) is 19.0 Å². The van der Waals surface area contributed by atoms with Crippen molar-refractivity contribution in [2.45, 2.75) is 20.0 Å². The Morgan fingerprint density at radius 3 is 3.00 bits per heavy atom. The summed E-state index contributed by atoms with van der Waals surface area (Å²) in [5, 5.41) is 5.23. The van der Waals surface area contributed by atoms with Crippen molar-refractivity contribution in [1.29, 1.82) is 0 Å². The molecule has 0 bridgehead atoms. The van der Waals surface area contributed by atoms with Crippen LogP contribution in [0.2, 0.25) is 0 Å². The van der Waals surface area contributed by atoms with Crippen LogP contribution in [0, 0.1) is 6.92 Å². The molecule has 0 fully saturated rings. The molecule has 0 radical (unpaired) electrons. The number of nitrogens with zero attached hydrogens (tertiary/aromatic N) is 2. The van der Waals surface area contributed by atoms with Crippen LogP contribution in [0.1, 0.15) is 16.8 Å². The lowest BCUT2D eigenvalue weighted by atomic mass is 10.1. The molecular formula is C13H15N3OS. The zero-order chi connectivity index (χ0) is 12.5. The molecule has 0 saturated heterocycles. The molecule has 94 valence electrons. The summed E-state index contributed by atoms with van der Waals surface area (Å²) in [7, 11) is 1.89. The number of anilines is 1. The first-order chi connectivity index (χ1) is 8.79. The van der Waals surface area contributed by atoms with Gasteiger partial charge in [0.15, 0.2) is 5.82 Å². The molecular weight excluding hydrogens is 246 g/mol. The molecule has 0 amide bonds. The third-order valence-electron chi connectivity index (χ3n) is 3.12. The predicted octanol–water partition coefficient (Wildman–Crippen LogP) is 2.63. The predicted molar refractivity (Wildman–Crippen MR) is 73.0 cm³/mol. The Labute approximate surface area is 110 Å². The van der Waals surface area contributed by atoms with Gasteiger partial charge in [0.25, 0.3) is 0 Å².